The third-order valence-electron chi connectivity index (χ3n) is 3.59. The summed E-state index contributed by atoms with van der Waals surface area (Å²) in [5, 5.41) is 3.04. The average molecular weight is 226 g/mol. The Bertz CT molecular complexity index is 218. The van der Waals surface area contributed by atoms with Crippen LogP contribution < -0.4 is 5.32 Å². The Morgan fingerprint density at radius 2 is 2.19 bits per heavy atom. The fourth-order valence-electron chi connectivity index (χ4n) is 2.34. The lowest BCUT2D eigenvalue weighted by molar-refractivity contribution is -0.123. The van der Waals surface area contributed by atoms with Crippen molar-refractivity contribution in [3.63, 3.8) is 0 Å². The molecule has 0 radical (unpaired) electrons. The van der Waals surface area contributed by atoms with E-state index in [4.69, 9.17) is 0 Å². The minimum Gasteiger partial charge on any atom is -0.353 e. The van der Waals surface area contributed by atoms with Gasteiger partial charge in [-0.3, -0.25) is 9.69 Å². The first-order valence-corrected chi connectivity index (χ1v) is 6.70. The Kier molecular flexibility index (Phi) is 5.81. The largest absolute Gasteiger partial charge is 0.353 e. The maximum absolute atomic E-state index is 11.8. The molecule has 1 aliphatic rings. The summed E-state index contributed by atoms with van der Waals surface area (Å²) < 4.78 is 0. The lowest BCUT2D eigenvalue weighted by Crippen LogP contribution is -2.46. The number of hydrogen-bond acceptors (Lipinski definition) is 2. The number of likely N-dealkylation sites (tertiary alicyclic amines) is 1. The molecule has 0 spiro atoms. The quantitative estimate of drug-likeness (QED) is 0.779. The Morgan fingerprint density at radius 1 is 1.44 bits per heavy atom. The minimum absolute atomic E-state index is 0.190. The van der Waals surface area contributed by atoms with Gasteiger partial charge < -0.3 is 5.32 Å². The van der Waals surface area contributed by atoms with E-state index in [1.165, 1.54) is 19.3 Å². The second kappa shape index (κ2) is 6.89. The van der Waals surface area contributed by atoms with Crippen LogP contribution in [0.5, 0.6) is 0 Å². The number of nitrogens with one attached hydrogen (secondary N) is 1. The molecule has 0 unspecified atom stereocenters. The van der Waals surface area contributed by atoms with Crippen LogP contribution in [0.4, 0.5) is 0 Å². The lowest BCUT2D eigenvalue weighted by Gasteiger charge is -2.34. The van der Waals surface area contributed by atoms with Gasteiger partial charge in [-0.25, -0.2) is 0 Å². The molecule has 1 saturated heterocycles. The monoisotopic (exact) mass is 226 g/mol. The summed E-state index contributed by atoms with van der Waals surface area (Å²) in [5.41, 5.74) is 0. The second-order valence-electron chi connectivity index (χ2n) is 4.91. The first-order chi connectivity index (χ1) is 7.67. The van der Waals surface area contributed by atoms with Crippen molar-refractivity contribution in [2.24, 2.45) is 0 Å². The molecule has 0 aromatic carbocycles. The zero-order valence-electron chi connectivity index (χ0n) is 11.0. The molecule has 0 bridgehead atoms. The Morgan fingerprint density at radius 3 is 2.81 bits per heavy atom. The summed E-state index contributed by atoms with van der Waals surface area (Å²) in [6.45, 7) is 8.05. The predicted molar refractivity (Wildman–Crippen MR) is 67.4 cm³/mol. The van der Waals surface area contributed by atoms with Crippen molar-refractivity contribution in [3.05, 3.63) is 0 Å². The number of piperidine rings is 1. The van der Waals surface area contributed by atoms with Crippen molar-refractivity contribution in [1.82, 2.24) is 10.2 Å². The molecule has 0 saturated carbocycles. The van der Waals surface area contributed by atoms with Gasteiger partial charge >= 0.3 is 0 Å². The highest BCUT2D eigenvalue weighted by Crippen LogP contribution is 2.18. The molecule has 94 valence electrons. The minimum atomic E-state index is 0.190. The smallest absolute Gasteiger partial charge is 0.234 e. The van der Waals surface area contributed by atoms with Gasteiger partial charge in [0.2, 0.25) is 5.91 Å². The van der Waals surface area contributed by atoms with Crippen LogP contribution in [0.1, 0.15) is 52.9 Å². The van der Waals surface area contributed by atoms with Crippen LogP contribution in [0.25, 0.3) is 0 Å². The number of nitrogens with zero attached hydrogens (tertiary/aromatic N) is 1. The molecule has 2 atom stereocenters. The molecule has 1 rings (SSSR count). The van der Waals surface area contributed by atoms with Crippen LogP contribution in [0.15, 0.2) is 0 Å². The van der Waals surface area contributed by atoms with Gasteiger partial charge in [0.05, 0.1) is 6.54 Å². The van der Waals surface area contributed by atoms with Gasteiger partial charge in [-0.2, -0.15) is 0 Å². The van der Waals surface area contributed by atoms with E-state index in [9.17, 15) is 4.79 Å². The van der Waals surface area contributed by atoms with Gasteiger partial charge in [0.1, 0.15) is 0 Å². The summed E-state index contributed by atoms with van der Waals surface area (Å²) in [5.74, 6) is 0.190. The molecular formula is C13H26N2O. The molecule has 16 heavy (non-hydrogen) atoms. The van der Waals surface area contributed by atoms with Crippen LogP contribution >= 0.6 is 0 Å². The van der Waals surface area contributed by atoms with Gasteiger partial charge in [0.15, 0.2) is 0 Å². The van der Waals surface area contributed by atoms with E-state index in [2.05, 4.69) is 31.0 Å². The van der Waals surface area contributed by atoms with Gasteiger partial charge in [0.25, 0.3) is 0 Å². The first-order valence-electron chi connectivity index (χ1n) is 6.70. The lowest BCUT2D eigenvalue weighted by atomic mass is 10.00. The van der Waals surface area contributed by atoms with Crippen LogP contribution in [-0.2, 0) is 4.79 Å². The molecule has 1 aliphatic heterocycles. The Balaban J connectivity index is 2.36. The van der Waals surface area contributed by atoms with Crippen molar-refractivity contribution in [3.8, 4) is 0 Å². The summed E-state index contributed by atoms with van der Waals surface area (Å²) in [6.07, 6.45) is 5.99. The molecule has 0 aromatic heterocycles. The Hall–Kier alpha value is -0.570. The third kappa shape index (κ3) is 4.12. The first kappa shape index (κ1) is 13.5. The predicted octanol–water partition coefficient (Wildman–Crippen LogP) is 2.17. The number of amides is 1. The fourth-order valence-corrected chi connectivity index (χ4v) is 2.34. The summed E-state index contributed by atoms with van der Waals surface area (Å²) in [7, 11) is 0. The molecule has 3 nitrogen and oxygen atoms in total. The molecule has 0 aromatic rings. The molecule has 0 aliphatic carbocycles. The molecule has 1 heterocycles. The highest BCUT2D eigenvalue weighted by Gasteiger charge is 2.22. The van der Waals surface area contributed by atoms with E-state index in [1.807, 2.05) is 0 Å². The normalized spacial score (nSPS) is 24.1. The van der Waals surface area contributed by atoms with E-state index >= 15 is 0 Å². The molecular weight excluding hydrogens is 200 g/mol. The van der Waals surface area contributed by atoms with Gasteiger partial charge in [-0.15, -0.1) is 0 Å². The van der Waals surface area contributed by atoms with Crippen LogP contribution in [0.3, 0.4) is 0 Å². The molecule has 1 N–H and O–H groups in total. The summed E-state index contributed by atoms with van der Waals surface area (Å²) in [4.78, 5) is 14.1. The zero-order valence-corrected chi connectivity index (χ0v) is 11.0. The van der Waals surface area contributed by atoms with Crippen molar-refractivity contribution in [2.75, 3.05) is 13.1 Å². The number of carbonyl (C=O) groups excluding carboxylic acids is 1. The van der Waals surface area contributed by atoms with E-state index < -0.39 is 0 Å². The highest BCUT2D eigenvalue weighted by molar-refractivity contribution is 5.78. The van der Waals surface area contributed by atoms with Crippen molar-refractivity contribution in [1.29, 1.82) is 0 Å². The summed E-state index contributed by atoms with van der Waals surface area (Å²) >= 11 is 0. The van der Waals surface area contributed by atoms with E-state index in [0.717, 1.165) is 19.4 Å². The van der Waals surface area contributed by atoms with E-state index in [1.54, 1.807) is 0 Å². The maximum Gasteiger partial charge on any atom is 0.234 e. The van der Waals surface area contributed by atoms with Crippen molar-refractivity contribution in [2.45, 2.75) is 65.0 Å². The standard InChI is InChI=1S/C13H26N2O/c1-4-11(3)14-13(16)10-15-9-7-6-8-12(15)5-2/h11-12H,4-10H2,1-3H3,(H,14,16)/t11-,12+/m0/s1. The van der Waals surface area contributed by atoms with E-state index in [0.29, 0.717) is 18.6 Å². The van der Waals surface area contributed by atoms with Gasteiger partial charge in [0, 0.05) is 12.1 Å². The molecule has 1 amide bonds. The highest BCUT2D eigenvalue weighted by atomic mass is 16.2. The Labute approximate surface area is 99.6 Å². The maximum atomic E-state index is 11.8. The van der Waals surface area contributed by atoms with Crippen LogP contribution in [-0.4, -0.2) is 36.0 Å². The average Bonchev–Trinajstić information content (AvgIpc) is 2.29. The number of rotatable bonds is 5. The van der Waals surface area contributed by atoms with Crippen LogP contribution in [0.2, 0.25) is 0 Å². The van der Waals surface area contributed by atoms with Crippen molar-refractivity contribution >= 4 is 5.91 Å². The molecule has 3 heteroatoms. The zero-order chi connectivity index (χ0) is 12.0. The van der Waals surface area contributed by atoms with Gasteiger partial charge in [-0.05, 0) is 39.2 Å². The SMILES string of the molecule is CC[C@@H]1CCCCN1CC(=O)N[C@@H](C)CC. The number of carbonyl (C=O) groups is 1. The van der Waals surface area contributed by atoms with Crippen LogP contribution in [0, 0.1) is 0 Å². The topological polar surface area (TPSA) is 32.3 Å². The fraction of sp³-hybridized carbons (Fsp3) is 0.923. The van der Waals surface area contributed by atoms with E-state index in [-0.39, 0.29) is 5.91 Å². The van der Waals surface area contributed by atoms with Gasteiger partial charge in [-0.1, -0.05) is 20.3 Å². The molecule has 1 fully saturated rings. The number of hydrogen-bond donors (Lipinski definition) is 1. The second-order valence-corrected chi connectivity index (χ2v) is 4.91. The van der Waals surface area contributed by atoms with Crippen molar-refractivity contribution < 1.29 is 4.79 Å². The summed E-state index contributed by atoms with van der Waals surface area (Å²) in [6, 6.07) is 0.925. The third-order valence-corrected chi connectivity index (χ3v) is 3.59.